The van der Waals surface area contributed by atoms with Gasteiger partial charge in [0.2, 0.25) is 0 Å². The van der Waals surface area contributed by atoms with Gasteiger partial charge in [-0.05, 0) is 40.0 Å². The van der Waals surface area contributed by atoms with E-state index in [4.69, 9.17) is 25.1 Å². The molecule has 3 aromatic rings. The van der Waals surface area contributed by atoms with E-state index in [9.17, 15) is 4.79 Å². The Morgan fingerprint density at radius 3 is 1.89 bits per heavy atom. The molecule has 0 aliphatic heterocycles. The molecule has 0 bridgehead atoms. The molecule has 0 saturated heterocycles. The second kappa shape index (κ2) is 14.9. The topological polar surface area (TPSA) is 54.0 Å². The summed E-state index contributed by atoms with van der Waals surface area (Å²) in [7, 11) is 0.0712. The van der Waals surface area contributed by atoms with Gasteiger partial charge in [0.15, 0.2) is 5.60 Å². The van der Waals surface area contributed by atoms with Crippen molar-refractivity contribution in [2.75, 3.05) is 20.8 Å². The number of ether oxygens (including phenoxy) is 3. The van der Waals surface area contributed by atoms with Crippen molar-refractivity contribution in [2.24, 2.45) is 11.3 Å². The van der Waals surface area contributed by atoms with Crippen molar-refractivity contribution in [1.29, 1.82) is 0 Å². The number of hydrogen-bond donors (Lipinski definition) is 0. The molecule has 234 valence electrons. The van der Waals surface area contributed by atoms with Crippen LogP contribution < -0.4 is 15.1 Å². The van der Waals surface area contributed by atoms with Crippen LogP contribution in [0.5, 0.6) is 5.75 Å². The van der Waals surface area contributed by atoms with Crippen LogP contribution in [0.25, 0.3) is 0 Å². The maximum Gasteiger partial charge on any atom is 0.339 e. The summed E-state index contributed by atoms with van der Waals surface area (Å²) in [6.07, 6.45) is 10.1. The molecular weight excluding hydrogens is 564 g/mol. The summed E-state index contributed by atoms with van der Waals surface area (Å²) in [5.74, 6) is 2.79. The number of carbonyl (C=O) groups excluding carboxylic acids is 1. The molecule has 0 radical (unpaired) electrons. The fourth-order valence-electron chi connectivity index (χ4n) is 6.10. The third kappa shape index (κ3) is 7.18. The van der Waals surface area contributed by atoms with Gasteiger partial charge < -0.3 is 18.6 Å². The summed E-state index contributed by atoms with van der Waals surface area (Å²) in [5.41, 5.74) is -1.52. The molecule has 0 saturated carbocycles. The lowest BCUT2D eigenvalue weighted by Gasteiger charge is -2.49. The van der Waals surface area contributed by atoms with Gasteiger partial charge in [-0.15, -0.1) is 12.3 Å². The molecule has 3 aromatic carbocycles. The summed E-state index contributed by atoms with van der Waals surface area (Å²) < 4.78 is 25.0. The van der Waals surface area contributed by atoms with Crippen molar-refractivity contribution in [3.05, 3.63) is 103 Å². The molecule has 0 amide bonds. The van der Waals surface area contributed by atoms with Gasteiger partial charge >= 0.3 is 5.97 Å². The van der Waals surface area contributed by atoms with E-state index in [1.165, 1.54) is 7.11 Å². The third-order valence-corrected chi connectivity index (χ3v) is 13.5. The first-order valence-corrected chi connectivity index (χ1v) is 17.0. The number of benzene rings is 3. The van der Waals surface area contributed by atoms with E-state index < -0.39 is 25.3 Å². The van der Waals surface area contributed by atoms with E-state index in [-0.39, 0.29) is 30.6 Å². The van der Waals surface area contributed by atoms with Crippen molar-refractivity contribution in [2.45, 2.75) is 65.2 Å². The normalized spacial score (nSPS) is 15.5. The largest absolute Gasteiger partial charge is 0.497 e. The molecule has 0 unspecified atom stereocenters. The highest BCUT2D eigenvalue weighted by Gasteiger charge is 2.58. The van der Waals surface area contributed by atoms with Gasteiger partial charge in [-0.1, -0.05) is 120 Å². The molecule has 0 N–H and O–H groups in total. The lowest BCUT2D eigenvalue weighted by atomic mass is 9.69. The lowest BCUT2D eigenvalue weighted by molar-refractivity contribution is -0.195. The Balaban J connectivity index is 2.21. The molecular formula is C38H48O5Si. The fourth-order valence-corrected chi connectivity index (χ4v) is 10.8. The smallest absolute Gasteiger partial charge is 0.339 e. The summed E-state index contributed by atoms with van der Waals surface area (Å²) in [6, 6.07) is 28.5. The highest BCUT2D eigenvalue weighted by Crippen LogP contribution is 2.45. The van der Waals surface area contributed by atoms with Crippen molar-refractivity contribution < 1.29 is 23.4 Å². The summed E-state index contributed by atoms with van der Waals surface area (Å²) in [5, 5.41) is 2.05. The Hall–Kier alpha value is -3.63. The van der Waals surface area contributed by atoms with Crippen LogP contribution in [0.15, 0.2) is 97.1 Å². The molecule has 44 heavy (non-hydrogen) atoms. The van der Waals surface area contributed by atoms with Gasteiger partial charge in [0.1, 0.15) is 5.75 Å². The monoisotopic (exact) mass is 612 g/mol. The average Bonchev–Trinajstić information content (AvgIpc) is 3.03. The second-order valence-corrected chi connectivity index (χ2v) is 16.9. The second-order valence-electron chi connectivity index (χ2n) is 12.6. The van der Waals surface area contributed by atoms with E-state index in [1.807, 2.05) is 69.3 Å². The number of methoxy groups -OCH3 is 2. The van der Waals surface area contributed by atoms with Gasteiger partial charge in [-0.25, -0.2) is 4.79 Å². The molecule has 3 atom stereocenters. The van der Waals surface area contributed by atoms with Crippen LogP contribution in [0.4, 0.5) is 0 Å². The standard InChI is InChI=1S/C38H48O5Si/c1-10-26-37(7,29-43-44(36(4,5)6,33-18-14-12-15-19-33)34-20-16-13-17-21-34)38(35(39)41-9,27-30(3)11-2)42-28-31-22-24-32(40-8)25-23-31/h2,10,12-26,30H,27-29H2,1,3-9H3/b26-10+/t30-,37-,38+/m0/s1. The predicted octanol–water partition coefficient (Wildman–Crippen LogP) is 6.94. The van der Waals surface area contributed by atoms with Crippen molar-refractivity contribution in [3.63, 3.8) is 0 Å². The van der Waals surface area contributed by atoms with Crippen LogP contribution in [0, 0.1) is 23.7 Å². The maximum atomic E-state index is 14.1. The van der Waals surface area contributed by atoms with E-state index in [0.717, 1.165) is 21.7 Å². The molecule has 6 heteroatoms. The lowest BCUT2D eigenvalue weighted by Crippen LogP contribution is -2.68. The molecule has 5 nitrogen and oxygen atoms in total. The summed E-state index contributed by atoms with van der Waals surface area (Å²) in [6.45, 7) is 13.0. The van der Waals surface area contributed by atoms with E-state index >= 15 is 0 Å². The number of esters is 1. The van der Waals surface area contributed by atoms with Crippen LogP contribution in [-0.2, 0) is 25.3 Å². The SMILES string of the molecule is C#C[C@H](C)C[C@@](OCc1ccc(OC)cc1)(C(=O)OC)[C@@](C)(/C=C/C)CO[Si](c1ccccc1)(c1ccccc1)C(C)(C)C. The number of rotatable bonds is 14. The van der Waals surface area contributed by atoms with Crippen LogP contribution in [-0.4, -0.2) is 40.7 Å². The van der Waals surface area contributed by atoms with Gasteiger partial charge in [0.25, 0.3) is 8.32 Å². The minimum atomic E-state index is -2.95. The molecule has 0 heterocycles. The Kier molecular flexibility index (Phi) is 11.8. The molecule has 0 spiro atoms. The first-order valence-electron chi connectivity index (χ1n) is 15.1. The van der Waals surface area contributed by atoms with Crippen LogP contribution in [0.2, 0.25) is 5.04 Å². The molecule has 0 fully saturated rings. The fraction of sp³-hybridized carbons (Fsp3) is 0.395. The van der Waals surface area contributed by atoms with Gasteiger partial charge in [-0.2, -0.15) is 0 Å². The molecule has 0 aliphatic carbocycles. The summed E-state index contributed by atoms with van der Waals surface area (Å²) >= 11 is 0. The Bertz CT molecular complexity index is 1370. The number of hydrogen-bond acceptors (Lipinski definition) is 5. The zero-order chi connectivity index (χ0) is 32.4. The minimum Gasteiger partial charge on any atom is -0.497 e. The van der Waals surface area contributed by atoms with Crippen molar-refractivity contribution in [1.82, 2.24) is 0 Å². The Morgan fingerprint density at radius 2 is 1.45 bits per heavy atom. The Labute approximate surface area is 265 Å². The van der Waals surface area contributed by atoms with Crippen molar-refractivity contribution in [3.8, 4) is 18.1 Å². The van der Waals surface area contributed by atoms with E-state index in [1.54, 1.807) is 7.11 Å². The highest BCUT2D eigenvalue weighted by atomic mass is 28.4. The molecule has 0 aromatic heterocycles. The molecule has 3 rings (SSSR count). The zero-order valence-corrected chi connectivity index (χ0v) is 28.6. The van der Waals surface area contributed by atoms with Gasteiger partial charge in [0.05, 0.1) is 20.8 Å². The minimum absolute atomic E-state index is 0.169. The zero-order valence-electron chi connectivity index (χ0n) is 27.6. The van der Waals surface area contributed by atoms with E-state index in [2.05, 4.69) is 75.2 Å². The van der Waals surface area contributed by atoms with Crippen LogP contribution in [0.3, 0.4) is 0 Å². The first kappa shape index (κ1) is 34.9. The Morgan fingerprint density at radius 1 is 0.909 bits per heavy atom. The van der Waals surface area contributed by atoms with Crippen LogP contribution >= 0.6 is 0 Å². The average molecular weight is 613 g/mol. The van der Waals surface area contributed by atoms with Crippen LogP contribution in [0.1, 0.15) is 53.5 Å². The molecule has 0 aliphatic rings. The number of terminal acetylenes is 1. The van der Waals surface area contributed by atoms with Gasteiger partial charge in [0, 0.05) is 24.4 Å². The first-order chi connectivity index (χ1) is 20.9. The number of carbonyl (C=O) groups is 1. The quantitative estimate of drug-likeness (QED) is 0.0854. The maximum absolute atomic E-state index is 14.1. The predicted molar refractivity (Wildman–Crippen MR) is 182 cm³/mol. The highest BCUT2D eigenvalue weighted by molar-refractivity contribution is 6.99. The third-order valence-electron chi connectivity index (χ3n) is 8.50. The number of allylic oxidation sites excluding steroid dienone is 1. The van der Waals surface area contributed by atoms with Crippen molar-refractivity contribution >= 4 is 24.7 Å². The van der Waals surface area contributed by atoms with E-state index in [0.29, 0.717) is 0 Å². The van der Waals surface area contributed by atoms with Gasteiger partial charge in [-0.3, -0.25) is 0 Å². The summed E-state index contributed by atoms with van der Waals surface area (Å²) in [4.78, 5) is 14.1.